The van der Waals surface area contributed by atoms with Crippen LogP contribution in [0, 0.1) is 0 Å². The Hall–Kier alpha value is -2.32. The molecule has 0 saturated carbocycles. The molecule has 108 valence electrons. The molecule has 2 aromatic rings. The Morgan fingerprint density at radius 3 is 2.71 bits per heavy atom. The summed E-state index contributed by atoms with van der Waals surface area (Å²) in [6, 6.07) is 6.33. The minimum atomic E-state index is -3.89. The number of carbonyl (C=O) groups is 1. The maximum atomic E-state index is 12.4. The second kappa shape index (κ2) is 4.90. The molecule has 0 aliphatic carbocycles. The molecule has 8 heteroatoms. The fourth-order valence-corrected chi connectivity index (χ4v) is 3.64. The van der Waals surface area contributed by atoms with E-state index in [2.05, 4.69) is 9.97 Å². The van der Waals surface area contributed by atoms with Crippen LogP contribution >= 0.6 is 0 Å². The van der Waals surface area contributed by atoms with Gasteiger partial charge < -0.3 is 5.73 Å². The molecule has 0 saturated heterocycles. The highest BCUT2D eigenvalue weighted by atomic mass is 32.2. The largest absolute Gasteiger partial charge is 0.325 e. The zero-order chi connectivity index (χ0) is 15.0. The topological polar surface area (TPSA) is 106 Å². The number of amides is 1. The summed E-state index contributed by atoms with van der Waals surface area (Å²) < 4.78 is 25.5. The molecule has 1 aliphatic heterocycles. The minimum absolute atomic E-state index is 0.0625. The standard InChI is InChI=1S/C13H12N4O3S/c14-7-10-6-9(3-5-15-10)8-17-13(18)11-2-1-4-16-12(11)21(17,19)20/h1-6H,7-8,14H2. The van der Waals surface area contributed by atoms with Crippen molar-refractivity contribution in [2.75, 3.05) is 0 Å². The Morgan fingerprint density at radius 2 is 2.00 bits per heavy atom. The molecule has 0 spiro atoms. The summed E-state index contributed by atoms with van der Waals surface area (Å²) in [5, 5.41) is -0.192. The lowest BCUT2D eigenvalue weighted by atomic mass is 10.2. The van der Waals surface area contributed by atoms with Gasteiger partial charge in [-0.1, -0.05) is 0 Å². The van der Waals surface area contributed by atoms with Gasteiger partial charge in [0.2, 0.25) is 0 Å². The monoisotopic (exact) mass is 304 g/mol. The van der Waals surface area contributed by atoms with E-state index in [1.54, 1.807) is 12.1 Å². The van der Waals surface area contributed by atoms with Gasteiger partial charge in [0.15, 0.2) is 5.03 Å². The van der Waals surface area contributed by atoms with Crippen LogP contribution in [-0.4, -0.2) is 28.6 Å². The van der Waals surface area contributed by atoms with Crippen LogP contribution in [0.1, 0.15) is 21.6 Å². The maximum absolute atomic E-state index is 12.4. The molecular weight excluding hydrogens is 292 g/mol. The third-order valence-corrected chi connectivity index (χ3v) is 4.87. The smallest absolute Gasteiger partial charge is 0.285 e. The number of aromatic nitrogens is 2. The second-order valence-corrected chi connectivity index (χ2v) is 6.31. The molecule has 3 heterocycles. The third kappa shape index (κ3) is 2.18. The number of rotatable bonds is 3. The van der Waals surface area contributed by atoms with E-state index in [-0.39, 0.29) is 23.7 Å². The Kier molecular flexibility index (Phi) is 3.19. The van der Waals surface area contributed by atoms with Crippen LogP contribution in [0.4, 0.5) is 0 Å². The highest BCUT2D eigenvalue weighted by Crippen LogP contribution is 2.29. The zero-order valence-corrected chi connectivity index (χ0v) is 11.7. The van der Waals surface area contributed by atoms with Crippen molar-refractivity contribution in [1.82, 2.24) is 14.3 Å². The summed E-state index contributed by atoms with van der Waals surface area (Å²) in [7, 11) is -3.89. The van der Waals surface area contributed by atoms with E-state index >= 15 is 0 Å². The first-order valence-electron chi connectivity index (χ1n) is 6.20. The van der Waals surface area contributed by atoms with Gasteiger partial charge in [0, 0.05) is 18.9 Å². The van der Waals surface area contributed by atoms with Crippen molar-refractivity contribution in [3.05, 3.63) is 53.5 Å². The predicted octanol–water partition coefficient (Wildman–Crippen LogP) is 0.280. The first-order chi connectivity index (χ1) is 10.0. The average Bonchev–Trinajstić information content (AvgIpc) is 2.69. The van der Waals surface area contributed by atoms with E-state index in [4.69, 9.17) is 5.73 Å². The molecule has 1 amide bonds. The molecule has 21 heavy (non-hydrogen) atoms. The summed E-state index contributed by atoms with van der Waals surface area (Å²) in [4.78, 5) is 20.1. The molecule has 0 unspecified atom stereocenters. The lowest BCUT2D eigenvalue weighted by Crippen LogP contribution is -2.29. The number of hydrogen-bond acceptors (Lipinski definition) is 6. The molecule has 0 atom stereocenters. The van der Waals surface area contributed by atoms with Crippen LogP contribution in [0.2, 0.25) is 0 Å². The molecule has 0 aromatic carbocycles. The Morgan fingerprint density at radius 1 is 1.19 bits per heavy atom. The van der Waals surface area contributed by atoms with E-state index in [9.17, 15) is 13.2 Å². The first-order valence-corrected chi connectivity index (χ1v) is 7.64. The zero-order valence-electron chi connectivity index (χ0n) is 10.9. The molecule has 0 radical (unpaired) electrons. The molecule has 7 nitrogen and oxygen atoms in total. The van der Waals surface area contributed by atoms with E-state index in [1.165, 1.54) is 24.5 Å². The van der Waals surface area contributed by atoms with Crippen LogP contribution < -0.4 is 5.73 Å². The summed E-state index contributed by atoms with van der Waals surface area (Å²) >= 11 is 0. The summed E-state index contributed by atoms with van der Waals surface area (Å²) in [5.41, 5.74) is 6.89. The van der Waals surface area contributed by atoms with E-state index in [0.29, 0.717) is 11.3 Å². The molecule has 1 aliphatic rings. The quantitative estimate of drug-likeness (QED) is 0.873. The van der Waals surface area contributed by atoms with Crippen molar-refractivity contribution in [3.8, 4) is 0 Å². The minimum Gasteiger partial charge on any atom is -0.325 e. The van der Waals surface area contributed by atoms with Gasteiger partial charge in [0.05, 0.1) is 17.8 Å². The van der Waals surface area contributed by atoms with Crippen LogP contribution in [0.3, 0.4) is 0 Å². The Labute approximate surface area is 121 Å². The molecule has 2 aromatic heterocycles. The molecule has 0 bridgehead atoms. The average molecular weight is 304 g/mol. The van der Waals surface area contributed by atoms with Crippen LogP contribution in [-0.2, 0) is 23.1 Å². The Bertz CT molecular complexity index is 820. The predicted molar refractivity (Wildman–Crippen MR) is 73.4 cm³/mol. The second-order valence-electron chi connectivity index (χ2n) is 4.53. The molecule has 2 N–H and O–H groups in total. The normalized spacial score (nSPS) is 16.0. The summed E-state index contributed by atoms with van der Waals surface area (Å²) in [5.74, 6) is -0.566. The number of fused-ring (bicyclic) bond motifs is 1. The van der Waals surface area contributed by atoms with Crippen molar-refractivity contribution in [2.24, 2.45) is 5.73 Å². The highest BCUT2D eigenvalue weighted by Gasteiger charge is 2.42. The molecule has 3 rings (SSSR count). The van der Waals surface area contributed by atoms with Crippen LogP contribution in [0.25, 0.3) is 0 Å². The van der Waals surface area contributed by atoms with Gasteiger partial charge in [0.25, 0.3) is 15.9 Å². The number of nitrogens with two attached hydrogens (primary N) is 1. The third-order valence-electron chi connectivity index (χ3n) is 3.18. The van der Waals surface area contributed by atoms with Crippen LogP contribution in [0.15, 0.2) is 41.7 Å². The van der Waals surface area contributed by atoms with E-state index < -0.39 is 15.9 Å². The maximum Gasteiger partial charge on any atom is 0.285 e. The van der Waals surface area contributed by atoms with Gasteiger partial charge >= 0.3 is 0 Å². The highest BCUT2D eigenvalue weighted by molar-refractivity contribution is 7.90. The van der Waals surface area contributed by atoms with Crippen molar-refractivity contribution in [3.63, 3.8) is 0 Å². The number of carbonyl (C=O) groups excluding carboxylic acids is 1. The molecular formula is C13H12N4O3S. The lowest BCUT2D eigenvalue weighted by Gasteiger charge is -2.14. The van der Waals surface area contributed by atoms with Gasteiger partial charge in [-0.25, -0.2) is 9.29 Å². The number of hydrogen-bond donors (Lipinski definition) is 1. The van der Waals surface area contributed by atoms with Crippen molar-refractivity contribution in [2.45, 2.75) is 18.1 Å². The van der Waals surface area contributed by atoms with Gasteiger partial charge in [-0.2, -0.15) is 8.42 Å². The molecule has 0 fully saturated rings. The first kappa shape index (κ1) is 13.7. The van der Waals surface area contributed by atoms with Crippen LogP contribution in [0.5, 0.6) is 0 Å². The van der Waals surface area contributed by atoms with E-state index in [0.717, 1.165) is 4.31 Å². The lowest BCUT2D eigenvalue weighted by molar-refractivity contribution is 0.0864. The number of pyridine rings is 2. The fraction of sp³-hybridized carbons (Fsp3) is 0.154. The van der Waals surface area contributed by atoms with E-state index in [1.807, 2.05) is 0 Å². The summed E-state index contributed by atoms with van der Waals surface area (Å²) in [6.07, 6.45) is 2.89. The van der Waals surface area contributed by atoms with Crippen molar-refractivity contribution >= 4 is 15.9 Å². The number of nitrogens with zero attached hydrogens (tertiary/aromatic N) is 3. The van der Waals surface area contributed by atoms with Gasteiger partial charge in [-0.3, -0.25) is 9.78 Å². The van der Waals surface area contributed by atoms with Gasteiger partial charge in [-0.05, 0) is 29.8 Å². The van der Waals surface area contributed by atoms with Gasteiger partial charge in [-0.15, -0.1) is 0 Å². The van der Waals surface area contributed by atoms with Crippen molar-refractivity contribution in [1.29, 1.82) is 0 Å². The van der Waals surface area contributed by atoms with Gasteiger partial charge in [0.1, 0.15) is 0 Å². The number of sulfonamides is 1. The Balaban J connectivity index is 1.99. The fourth-order valence-electron chi connectivity index (χ4n) is 2.17. The van der Waals surface area contributed by atoms with Crippen molar-refractivity contribution < 1.29 is 13.2 Å². The summed E-state index contributed by atoms with van der Waals surface area (Å²) in [6.45, 7) is 0.184. The SMILES string of the molecule is NCc1cc(CN2C(=O)c3cccnc3S2(=O)=O)ccn1.